The molecule has 2 rings (SSSR count). The Bertz CT molecular complexity index is 522. The zero-order valence-electron chi connectivity index (χ0n) is 9.61. The largest absolute Gasteiger partial charge is 0.496 e. The van der Waals surface area contributed by atoms with Gasteiger partial charge in [0, 0.05) is 15.5 Å². The summed E-state index contributed by atoms with van der Waals surface area (Å²) in [5, 5.41) is 12.9. The summed E-state index contributed by atoms with van der Waals surface area (Å²) in [5.74, 6) is 0.609. The number of rotatable bonds is 3. The molecule has 0 aliphatic carbocycles. The number of methoxy groups -OCH3 is 1. The van der Waals surface area contributed by atoms with Crippen LogP contribution in [-0.4, -0.2) is 12.2 Å². The first-order valence-corrected chi connectivity index (χ1v) is 6.44. The lowest BCUT2D eigenvalue weighted by Gasteiger charge is -2.14. The standard InChI is InChI=1S/C13H13ClO2S/c1-8-5-6-17-13(8)12(15)10-4-3-9(14)7-11(10)16-2/h3-7,12,15H,1-2H3. The summed E-state index contributed by atoms with van der Waals surface area (Å²) in [5.41, 5.74) is 1.82. The highest BCUT2D eigenvalue weighted by molar-refractivity contribution is 7.10. The Morgan fingerprint density at radius 3 is 2.71 bits per heavy atom. The summed E-state index contributed by atoms with van der Waals surface area (Å²) in [4.78, 5) is 0.936. The van der Waals surface area contributed by atoms with Crippen LogP contribution in [0.4, 0.5) is 0 Å². The maximum atomic E-state index is 10.4. The zero-order valence-corrected chi connectivity index (χ0v) is 11.2. The van der Waals surface area contributed by atoms with Crippen molar-refractivity contribution in [1.29, 1.82) is 0 Å². The number of hydrogen-bond acceptors (Lipinski definition) is 3. The lowest BCUT2D eigenvalue weighted by atomic mass is 10.0. The number of aryl methyl sites for hydroxylation is 1. The van der Waals surface area contributed by atoms with Crippen molar-refractivity contribution < 1.29 is 9.84 Å². The molecule has 1 N–H and O–H groups in total. The molecule has 2 nitrogen and oxygen atoms in total. The van der Waals surface area contributed by atoms with Crippen LogP contribution in [0.5, 0.6) is 5.75 Å². The molecule has 0 spiro atoms. The molecule has 1 aromatic carbocycles. The third-order valence-corrected chi connectivity index (χ3v) is 3.95. The molecule has 0 aliphatic heterocycles. The van der Waals surface area contributed by atoms with Gasteiger partial charge in [0.2, 0.25) is 0 Å². The number of thiophene rings is 1. The van der Waals surface area contributed by atoms with Crippen molar-refractivity contribution >= 4 is 22.9 Å². The molecule has 0 saturated carbocycles. The summed E-state index contributed by atoms with van der Waals surface area (Å²) < 4.78 is 5.25. The minimum atomic E-state index is -0.665. The first-order valence-electron chi connectivity index (χ1n) is 5.19. The van der Waals surface area contributed by atoms with Crippen molar-refractivity contribution in [2.75, 3.05) is 7.11 Å². The van der Waals surface area contributed by atoms with E-state index >= 15 is 0 Å². The van der Waals surface area contributed by atoms with Crippen LogP contribution in [0, 0.1) is 6.92 Å². The second-order valence-corrected chi connectivity index (χ2v) is 5.14. The van der Waals surface area contributed by atoms with Gasteiger partial charge >= 0.3 is 0 Å². The van der Waals surface area contributed by atoms with Crippen LogP contribution in [0.1, 0.15) is 22.1 Å². The van der Waals surface area contributed by atoms with Crippen molar-refractivity contribution in [3.63, 3.8) is 0 Å². The van der Waals surface area contributed by atoms with Crippen LogP contribution in [0.15, 0.2) is 29.6 Å². The van der Waals surface area contributed by atoms with Gasteiger partial charge in [-0.05, 0) is 36.1 Å². The van der Waals surface area contributed by atoms with Crippen molar-refractivity contribution in [2.24, 2.45) is 0 Å². The predicted molar refractivity (Wildman–Crippen MR) is 71.1 cm³/mol. The fourth-order valence-corrected chi connectivity index (χ4v) is 2.81. The highest BCUT2D eigenvalue weighted by Crippen LogP contribution is 2.35. The molecule has 4 heteroatoms. The van der Waals surface area contributed by atoms with E-state index in [9.17, 15) is 5.11 Å². The van der Waals surface area contributed by atoms with Gasteiger partial charge in [0.15, 0.2) is 0 Å². The Morgan fingerprint density at radius 2 is 2.12 bits per heavy atom. The molecule has 1 aromatic heterocycles. The fourth-order valence-electron chi connectivity index (χ4n) is 1.72. The molecule has 17 heavy (non-hydrogen) atoms. The van der Waals surface area contributed by atoms with Gasteiger partial charge in [0.05, 0.1) is 7.11 Å². The molecule has 1 atom stereocenters. The van der Waals surface area contributed by atoms with Gasteiger partial charge in [-0.15, -0.1) is 11.3 Å². The van der Waals surface area contributed by atoms with Crippen molar-refractivity contribution in [1.82, 2.24) is 0 Å². The highest BCUT2D eigenvalue weighted by atomic mass is 35.5. The average Bonchev–Trinajstić information content (AvgIpc) is 2.74. The summed E-state index contributed by atoms with van der Waals surface area (Å²) in [6.07, 6.45) is -0.665. The van der Waals surface area contributed by atoms with E-state index in [1.165, 1.54) is 11.3 Å². The van der Waals surface area contributed by atoms with Gasteiger partial charge in [0.1, 0.15) is 11.9 Å². The summed E-state index contributed by atoms with van der Waals surface area (Å²) in [7, 11) is 1.57. The third-order valence-electron chi connectivity index (χ3n) is 2.64. The molecule has 1 heterocycles. The molecule has 0 bridgehead atoms. The maximum absolute atomic E-state index is 10.4. The van der Waals surface area contributed by atoms with E-state index in [1.54, 1.807) is 25.3 Å². The monoisotopic (exact) mass is 268 g/mol. The minimum absolute atomic E-state index is 0.598. The molecule has 0 fully saturated rings. The number of aliphatic hydroxyl groups excluding tert-OH is 1. The van der Waals surface area contributed by atoms with Gasteiger partial charge in [0.25, 0.3) is 0 Å². The second-order valence-electron chi connectivity index (χ2n) is 3.76. The maximum Gasteiger partial charge on any atom is 0.126 e. The Balaban J connectivity index is 2.44. The quantitative estimate of drug-likeness (QED) is 0.917. The number of ether oxygens (including phenoxy) is 1. The van der Waals surface area contributed by atoms with E-state index in [1.807, 2.05) is 18.4 Å². The molecule has 90 valence electrons. The van der Waals surface area contributed by atoms with Gasteiger partial charge in [-0.1, -0.05) is 17.7 Å². The zero-order chi connectivity index (χ0) is 12.4. The predicted octanol–water partition coefficient (Wildman–Crippen LogP) is 3.80. The van der Waals surface area contributed by atoms with Crippen LogP contribution >= 0.6 is 22.9 Å². The SMILES string of the molecule is COc1cc(Cl)ccc1C(O)c1sccc1C. The molecular weight excluding hydrogens is 256 g/mol. The van der Waals surface area contributed by atoms with Crippen molar-refractivity contribution in [3.8, 4) is 5.75 Å². The number of benzene rings is 1. The van der Waals surface area contributed by atoms with Crippen molar-refractivity contribution in [2.45, 2.75) is 13.0 Å². The lowest BCUT2D eigenvalue weighted by Crippen LogP contribution is -2.01. The summed E-state index contributed by atoms with van der Waals surface area (Å²) >= 11 is 7.43. The lowest BCUT2D eigenvalue weighted by molar-refractivity contribution is 0.218. The van der Waals surface area contributed by atoms with E-state index in [4.69, 9.17) is 16.3 Å². The molecule has 0 radical (unpaired) electrons. The van der Waals surface area contributed by atoms with Crippen molar-refractivity contribution in [3.05, 3.63) is 50.7 Å². The second kappa shape index (κ2) is 5.08. The fraction of sp³-hybridized carbons (Fsp3) is 0.231. The van der Waals surface area contributed by atoms with E-state index in [2.05, 4.69) is 0 Å². The molecule has 0 amide bonds. The molecule has 0 saturated heterocycles. The first-order chi connectivity index (χ1) is 8.13. The first kappa shape index (κ1) is 12.4. The van der Waals surface area contributed by atoms with Gasteiger partial charge in [-0.2, -0.15) is 0 Å². The van der Waals surface area contributed by atoms with Crippen LogP contribution < -0.4 is 4.74 Å². The molecule has 1 unspecified atom stereocenters. The smallest absolute Gasteiger partial charge is 0.126 e. The molecule has 0 aliphatic rings. The highest BCUT2D eigenvalue weighted by Gasteiger charge is 2.18. The Kier molecular flexibility index (Phi) is 3.72. The van der Waals surface area contributed by atoms with Gasteiger partial charge < -0.3 is 9.84 Å². The van der Waals surface area contributed by atoms with Crippen LogP contribution in [0.25, 0.3) is 0 Å². The molecule has 2 aromatic rings. The van der Waals surface area contributed by atoms with E-state index in [0.29, 0.717) is 10.8 Å². The van der Waals surface area contributed by atoms with E-state index in [0.717, 1.165) is 16.0 Å². The van der Waals surface area contributed by atoms with E-state index in [-0.39, 0.29) is 0 Å². The number of hydrogen-bond donors (Lipinski definition) is 1. The molecular formula is C13H13ClO2S. The van der Waals surface area contributed by atoms with Gasteiger partial charge in [-0.3, -0.25) is 0 Å². The summed E-state index contributed by atoms with van der Waals surface area (Å²) in [6.45, 7) is 1.98. The average molecular weight is 269 g/mol. The summed E-state index contributed by atoms with van der Waals surface area (Å²) in [6, 6.07) is 7.26. The normalized spacial score (nSPS) is 12.5. The number of halogens is 1. The van der Waals surface area contributed by atoms with Crippen LogP contribution in [-0.2, 0) is 0 Å². The minimum Gasteiger partial charge on any atom is -0.496 e. The van der Waals surface area contributed by atoms with E-state index < -0.39 is 6.10 Å². The Morgan fingerprint density at radius 1 is 1.35 bits per heavy atom. The topological polar surface area (TPSA) is 29.5 Å². The van der Waals surface area contributed by atoms with Crippen LogP contribution in [0.3, 0.4) is 0 Å². The Labute approximate surface area is 109 Å². The van der Waals surface area contributed by atoms with Crippen LogP contribution in [0.2, 0.25) is 5.02 Å². The third kappa shape index (κ3) is 2.46. The van der Waals surface area contributed by atoms with Gasteiger partial charge in [-0.25, -0.2) is 0 Å². The Hall–Kier alpha value is -1.03. The number of aliphatic hydroxyl groups is 1.